The molecular weight excluding hydrogens is 320 g/mol. The lowest BCUT2D eigenvalue weighted by Gasteiger charge is -2.36. The molecule has 0 unspecified atom stereocenters. The van der Waals surface area contributed by atoms with Gasteiger partial charge in [-0.3, -0.25) is 4.90 Å². The Bertz CT molecular complexity index is 709. The Kier molecular flexibility index (Phi) is 5.03. The van der Waals surface area contributed by atoms with Crippen molar-refractivity contribution < 1.29 is 14.3 Å². The van der Waals surface area contributed by atoms with Gasteiger partial charge in [-0.15, -0.1) is 0 Å². The number of hydrogen-bond acceptors (Lipinski definition) is 5. The minimum atomic E-state index is -0.544. The fraction of sp³-hybridized carbons (Fsp3) is 0.500. The van der Waals surface area contributed by atoms with E-state index in [1.54, 1.807) is 4.90 Å². The van der Waals surface area contributed by atoms with E-state index in [0.29, 0.717) is 32.1 Å². The fourth-order valence-corrected chi connectivity index (χ4v) is 2.77. The van der Waals surface area contributed by atoms with Crippen molar-refractivity contribution in [3.8, 4) is 0 Å². The van der Waals surface area contributed by atoms with E-state index >= 15 is 0 Å². The predicted molar refractivity (Wildman–Crippen MR) is 92.1 cm³/mol. The first kappa shape index (κ1) is 17.4. The van der Waals surface area contributed by atoms with Crippen LogP contribution in [0, 0.1) is 0 Å². The maximum absolute atomic E-state index is 12.6. The van der Waals surface area contributed by atoms with Crippen molar-refractivity contribution in [3.05, 3.63) is 48.0 Å². The number of carbonyl (C=O) groups is 1. The quantitative estimate of drug-likeness (QED) is 0.856. The summed E-state index contributed by atoms with van der Waals surface area (Å²) in [6.45, 7) is 7.51. The van der Waals surface area contributed by atoms with Crippen LogP contribution in [-0.2, 0) is 16.0 Å². The van der Waals surface area contributed by atoms with Crippen LogP contribution in [0.4, 0.5) is 4.79 Å². The largest absolute Gasteiger partial charge is 0.444 e. The molecule has 0 aliphatic carbocycles. The van der Waals surface area contributed by atoms with Crippen LogP contribution in [0.1, 0.15) is 38.2 Å². The molecule has 0 radical (unpaired) electrons. The van der Waals surface area contributed by atoms with Crippen LogP contribution in [-0.4, -0.2) is 51.1 Å². The number of hydrogen-bond donors (Lipinski definition) is 0. The van der Waals surface area contributed by atoms with Crippen molar-refractivity contribution in [2.75, 3.05) is 19.8 Å². The summed E-state index contributed by atoms with van der Waals surface area (Å²) in [4.78, 5) is 18.6. The molecule has 7 nitrogen and oxygen atoms in total. The Labute approximate surface area is 147 Å². The third kappa shape index (κ3) is 4.36. The molecule has 0 bridgehead atoms. The maximum Gasteiger partial charge on any atom is 0.411 e. The van der Waals surface area contributed by atoms with Crippen molar-refractivity contribution in [2.24, 2.45) is 0 Å². The molecule has 3 rings (SSSR count). The zero-order valence-electron chi connectivity index (χ0n) is 14.9. The molecule has 0 N–H and O–H groups in total. The molecule has 0 saturated carbocycles. The first-order chi connectivity index (χ1) is 11.9. The van der Waals surface area contributed by atoms with Crippen LogP contribution in [0.3, 0.4) is 0 Å². The van der Waals surface area contributed by atoms with Gasteiger partial charge in [0.15, 0.2) is 5.82 Å². The van der Waals surface area contributed by atoms with Gasteiger partial charge in [0.1, 0.15) is 18.0 Å². The monoisotopic (exact) mass is 344 g/mol. The van der Waals surface area contributed by atoms with Gasteiger partial charge in [0.25, 0.3) is 0 Å². The van der Waals surface area contributed by atoms with Crippen LogP contribution in [0.2, 0.25) is 0 Å². The van der Waals surface area contributed by atoms with E-state index in [-0.39, 0.29) is 12.1 Å². The molecule has 1 atom stereocenters. The van der Waals surface area contributed by atoms with Gasteiger partial charge in [0.05, 0.1) is 19.8 Å². The zero-order chi connectivity index (χ0) is 17.9. The van der Waals surface area contributed by atoms with E-state index in [0.717, 1.165) is 5.56 Å². The first-order valence-corrected chi connectivity index (χ1v) is 8.43. The summed E-state index contributed by atoms with van der Waals surface area (Å²) in [5.74, 6) is 0.703. The molecule has 134 valence electrons. The van der Waals surface area contributed by atoms with E-state index < -0.39 is 5.60 Å². The Balaban J connectivity index is 1.81. The standard InChI is InChI=1S/C18H24N4O3/c1-18(2,3)25-17(23)21-9-10-24-12-15(21)16-19-13-20-22(16)11-14-7-5-4-6-8-14/h4-8,13,15H,9-12H2,1-3H3/t15-/m1/s1. The number of ether oxygens (including phenoxy) is 2. The summed E-state index contributed by atoms with van der Waals surface area (Å²) in [5.41, 5.74) is 0.576. The van der Waals surface area contributed by atoms with Gasteiger partial charge in [-0.2, -0.15) is 5.10 Å². The van der Waals surface area contributed by atoms with Crippen molar-refractivity contribution >= 4 is 6.09 Å². The minimum absolute atomic E-state index is 0.310. The lowest BCUT2D eigenvalue weighted by molar-refractivity contribution is -0.0359. The smallest absolute Gasteiger partial charge is 0.411 e. The molecule has 1 aromatic heterocycles. The van der Waals surface area contributed by atoms with Gasteiger partial charge in [0, 0.05) is 6.54 Å². The van der Waals surface area contributed by atoms with E-state index in [4.69, 9.17) is 9.47 Å². The molecule has 7 heteroatoms. The van der Waals surface area contributed by atoms with E-state index in [2.05, 4.69) is 10.1 Å². The van der Waals surface area contributed by atoms with Crippen LogP contribution in [0.25, 0.3) is 0 Å². The lowest BCUT2D eigenvalue weighted by Crippen LogP contribution is -2.46. The van der Waals surface area contributed by atoms with Gasteiger partial charge in [-0.05, 0) is 26.3 Å². The Morgan fingerprint density at radius 2 is 2.08 bits per heavy atom. The zero-order valence-corrected chi connectivity index (χ0v) is 14.9. The number of nitrogens with zero attached hydrogens (tertiary/aromatic N) is 4. The Morgan fingerprint density at radius 3 is 2.80 bits per heavy atom. The van der Waals surface area contributed by atoms with E-state index in [1.165, 1.54) is 6.33 Å². The maximum atomic E-state index is 12.6. The van der Waals surface area contributed by atoms with Crippen molar-refractivity contribution in [3.63, 3.8) is 0 Å². The molecule has 25 heavy (non-hydrogen) atoms. The molecule has 1 aliphatic rings. The second-order valence-corrected chi connectivity index (χ2v) is 7.03. The molecule has 1 amide bonds. The topological polar surface area (TPSA) is 69.5 Å². The van der Waals surface area contributed by atoms with Gasteiger partial charge in [-0.1, -0.05) is 30.3 Å². The number of rotatable bonds is 3. The third-order valence-electron chi connectivity index (χ3n) is 3.88. The van der Waals surface area contributed by atoms with E-state index in [1.807, 2.05) is 55.8 Å². The van der Waals surface area contributed by atoms with Crippen molar-refractivity contribution in [2.45, 2.75) is 39.0 Å². The highest BCUT2D eigenvalue weighted by Crippen LogP contribution is 2.25. The molecule has 1 saturated heterocycles. The van der Waals surface area contributed by atoms with Gasteiger partial charge >= 0.3 is 6.09 Å². The highest BCUT2D eigenvalue weighted by atomic mass is 16.6. The predicted octanol–water partition coefficient (Wildman–Crippen LogP) is 2.63. The third-order valence-corrected chi connectivity index (χ3v) is 3.88. The summed E-state index contributed by atoms with van der Waals surface area (Å²) < 4.78 is 12.9. The van der Waals surface area contributed by atoms with Crippen LogP contribution >= 0.6 is 0 Å². The number of morpholine rings is 1. The second-order valence-electron chi connectivity index (χ2n) is 7.03. The molecular formula is C18H24N4O3. The molecule has 0 spiro atoms. The molecule has 2 aromatic rings. The van der Waals surface area contributed by atoms with E-state index in [9.17, 15) is 4.79 Å². The number of carbonyl (C=O) groups excluding carboxylic acids is 1. The van der Waals surface area contributed by atoms with Crippen LogP contribution in [0.15, 0.2) is 36.7 Å². The number of aromatic nitrogens is 3. The fourth-order valence-electron chi connectivity index (χ4n) is 2.77. The average Bonchev–Trinajstić information content (AvgIpc) is 3.02. The second kappa shape index (κ2) is 7.23. The van der Waals surface area contributed by atoms with Crippen molar-refractivity contribution in [1.29, 1.82) is 0 Å². The Hall–Kier alpha value is -2.41. The summed E-state index contributed by atoms with van der Waals surface area (Å²) in [6.07, 6.45) is 1.16. The van der Waals surface area contributed by atoms with Gasteiger partial charge < -0.3 is 9.47 Å². The van der Waals surface area contributed by atoms with Gasteiger partial charge in [0.2, 0.25) is 0 Å². The summed E-state index contributed by atoms with van der Waals surface area (Å²) >= 11 is 0. The van der Waals surface area contributed by atoms with Crippen LogP contribution in [0.5, 0.6) is 0 Å². The molecule has 1 aliphatic heterocycles. The lowest BCUT2D eigenvalue weighted by atomic mass is 10.2. The summed E-state index contributed by atoms with van der Waals surface area (Å²) in [5, 5.41) is 4.33. The molecule has 1 aromatic carbocycles. The molecule has 2 heterocycles. The Morgan fingerprint density at radius 1 is 1.32 bits per heavy atom. The average molecular weight is 344 g/mol. The normalized spacial score (nSPS) is 18.2. The van der Waals surface area contributed by atoms with Crippen molar-refractivity contribution in [1.82, 2.24) is 19.7 Å². The van der Waals surface area contributed by atoms with Gasteiger partial charge in [-0.25, -0.2) is 14.5 Å². The minimum Gasteiger partial charge on any atom is -0.444 e. The highest BCUT2D eigenvalue weighted by Gasteiger charge is 2.34. The first-order valence-electron chi connectivity index (χ1n) is 8.43. The number of benzene rings is 1. The highest BCUT2D eigenvalue weighted by molar-refractivity contribution is 5.68. The SMILES string of the molecule is CC(C)(C)OC(=O)N1CCOC[C@@H]1c1ncnn1Cc1ccccc1. The number of amides is 1. The van der Waals surface area contributed by atoms with Crippen LogP contribution < -0.4 is 0 Å². The summed E-state index contributed by atoms with van der Waals surface area (Å²) in [6, 6.07) is 9.72. The summed E-state index contributed by atoms with van der Waals surface area (Å²) in [7, 11) is 0. The molecule has 1 fully saturated rings.